The lowest BCUT2D eigenvalue weighted by molar-refractivity contribution is -0.136. The second-order valence-corrected chi connectivity index (χ2v) is 4.85. The average molecular weight is 248 g/mol. The van der Waals surface area contributed by atoms with Crippen LogP contribution in [0.3, 0.4) is 0 Å². The molecule has 0 aliphatic carbocycles. The van der Waals surface area contributed by atoms with E-state index in [-0.39, 0.29) is 12.6 Å². The summed E-state index contributed by atoms with van der Waals surface area (Å²) in [6.07, 6.45) is 2.15. The normalized spacial score (nSPS) is 19.8. The molecule has 0 radical (unpaired) electrons. The van der Waals surface area contributed by atoms with Gasteiger partial charge in [0.05, 0.1) is 6.54 Å². The van der Waals surface area contributed by atoms with Crippen LogP contribution in [-0.4, -0.2) is 36.8 Å². The summed E-state index contributed by atoms with van der Waals surface area (Å²) < 4.78 is 0. The number of aryl methyl sites for hydroxylation is 1. The molecule has 0 amide bonds. The first kappa shape index (κ1) is 12.9. The maximum Gasteiger partial charge on any atom is 0.317 e. The van der Waals surface area contributed by atoms with Crippen molar-refractivity contribution in [3.05, 3.63) is 29.8 Å². The Labute approximate surface area is 108 Å². The predicted octanol–water partition coefficient (Wildman–Crippen LogP) is 1.64. The van der Waals surface area contributed by atoms with Crippen LogP contribution in [0.4, 0.5) is 5.69 Å². The van der Waals surface area contributed by atoms with E-state index >= 15 is 0 Å². The number of carbonyl (C=O) groups is 1. The van der Waals surface area contributed by atoms with Crippen LogP contribution in [-0.2, 0) is 4.79 Å². The van der Waals surface area contributed by atoms with Crippen molar-refractivity contribution in [2.75, 3.05) is 24.5 Å². The molecule has 0 bridgehead atoms. The van der Waals surface area contributed by atoms with E-state index in [1.807, 2.05) is 6.07 Å². The van der Waals surface area contributed by atoms with Crippen LogP contribution >= 0.6 is 0 Å². The highest BCUT2D eigenvalue weighted by Gasteiger charge is 2.20. The molecule has 1 aliphatic rings. The van der Waals surface area contributed by atoms with Gasteiger partial charge in [-0.2, -0.15) is 0 Å². The third-order valence-electron chi connectivity index (χ3n) is 3.42. The zero-order valence-corrected chi connectivity index (χ0v) is 10.7. The summed E-state index contributed by atoms with van der Waals surface area (Å²) in [5.41, 5.74) is 2.54. The van der Waals surface area contributed by atoms with E-state index in [0.717, 1.165) is 25.9 Å². The lowest BCUT2D eigenvalue weighted by atomic mass is 10.0. The monoisotopic (exact) mass is 248 g/mol. The molecule has 0 saturated carbocycles. The largest absolute Gasteiger partial charge is 0.480 e. The molecule has 1 aliphatic heterocycles. The van der Waals surface area contributed by atoms with Crippen LogP contribution in [0.1, 0.15) is 18.4 Å². The molecule has 1 fully saturated rings. The smallest absolute Gasteiger partial charge is 0.317 e. The minimum atomic E-state index is -0.789. The van der Waals surface area contributed by atoms with Gasteiger partial charge in [0.1, 0.15) is 0 Å². The summed E-state index contributed by atoms with van der Waals surface area (Å²) in [5, 5.41) is 11.8. The van der Waals surface area contributed by atoms with Crippen molar-refractivity contribution < 1.29 is 9.90 Å². The molecule has 1 saturated heterocycles. The minimum Gasteiger partial charge on any atom is -0.480 e. The summed E-state index contributed by atoms with van der Waals surface area (Å²) in [6.45, 7) is 4.10. The molecule has 0 spiro atoms. The highest BCUT2D eigenvalue weighted by atomic mass is 16.4. The standard InChI is InChI=1S/C14H20N2O2/c1-11-5-2-3-7-13(11)16-8-4-6-12(10-16)15-9-14(17)18/h2-3,5,7,12,15H,4,6,8-10H2,1H3,(H,17,18). The molecule has 1 aromatic rings. The molecule has 18 heavy (non-hydrogen) atoms. The average Bonchev–Trinajstić information content (AvgIpc) is 2.37. The number of hydrogen-bond acceptors (Lipinski definition) is 3. The van der Waals surface area contributed by atoms with E-state index in [2.05, 4.69) is 35.3 Å². The van der Waals surface area contributed by atoms with Gasteiger partial charge < -0.3 is 15.3 Å². The first-order valence-corrected chi connectivity index (χ1v) is 6.42. The Hall–Kier alpha value is -1.55. The number of rotatable bonds is 4. The molecule has 1 aromatic carbocycles. The van der Waals surface area contributed by atoms with Crippen LogP contribution in [0, 0.1) is 6.92 Å². The van der Waals surface area contributed by atoms with Crippen molar-refractivity contribution in [3.63, 3.8) is 0 Å². The molecular weight excluding hydrogens is 228 g/mol. The minimum absolute atomic E-state index is 0.0479. The Balaban J connectivity index is 1.98. The molecule has 98 valence electrons. The number of anilines is 1. The Morgan fingerprint density at radius 1 is 1.50 bits per heavy atom. The van der Waals surface area contributed by atoms with E-state index < -0.39 is 5.97 Å². The Morgan fingerprint density at radius 3 is 3.00 bits per heavy atom. The molecule has 1 unspecified atom stereocenters. The number of nitrogens with zero attached hydrogens (tertiary/aromatic N) is 1. The number of benzene rings is 1. The van der Waals surface area contributed by atoms with Gasteiger partial charge in [0, 0.05) is 24.8 Å². The summed E-state index contributed by atoms with van der Waals surface area (Å²) in [4.78, 5) is 12.9. The Kier molecular flexibility index (Phi) is 4.20. The summed E-state index contributed by atoms with van der Waals surface area (Å²) >= 11 is 0. The van der Waals surface area contributed by atoms with Gasteiger partial charge in [-0.1, -0.05) is 18.2 Å². The topological polar surface area (TPSA) is 52.6 Å². The Bertz CT molecular complexity index is 420. The number of aliphatic carboxylic acids is 1. The van der Waals surface area contributed by atoms with Gasteiger partial charge >= 0.3 is 5.97 Å². The second-order valence-electron chi connectivity index (χ2n) is 4.85. The zero-order valence-electron chi connectivity index (χ0n) is 10.7. The molecule has 2 rings (SSSR count). The number of carboxylic acids is 1. The zero-order chi connectivity index (χ0) is 13.0. The van der Waals surface area contributed by atoms with E-state index in [0.29, 0.717) is 0 Å². The van der Waals surface area contributed by atoms with E-state index in [9.17, 15) is 4.79 Å². The van der Waals surface area contributed by atoms with Gasteiger partial charge in [0.25, 0.3) is 0 Å². The molecule has 4 heteroatoms. The van der Waals surface area contributed by atoms with E-state index in [1.54, 1.807) is 0 Å². The predicted molar refractivity (Wildman–Crippen MR) is 72.1 cm³/mol. The number of piperidine rings is 1. The molecule has 4 nitrogen and oxygen atoms in total. The van der Waals surface area contributed by atoms with Gasteiger partial charge in [-0.15, -0.1) is 0 Å². The number of para-hydroxylation sites is 1. The Morgan fingerprint density at radius 2 is 2.28 bits per heavy atom. The lowest BCUT2D eigenvalue weighted by Crippen LogP contribution is -2.47. The molecular formula is C14H20N2O2. The van der Waals surface area contributed by atoms with Gasteiger partial charge in [0.15, 0.2) is 0 Å². The van der Waals surface area contributed by atoms with Gasteiger partial charge in [-0.05, 0) is 31.4 Å². The second kappa shape index (κ2) is 5.87. The van der Waals surface area contributed by atoms with Crippen LogP contribution in [0.25, 0.3) is 0 Å². The molecule has 2 N–H and O–H groups in total. The van der Waals surface area contributed by atoms with Crippen molar-refractivity contribution in [2.45, 2.75) is 25.8 Å². The first-order valence-electron chi connectivity index (χ1n) is 6.42. The molecule has 1 atom stereocenters. The molecule has 1 heterocycles. The third kappa shape index (κ3) is 3.23. The van der Waals surface area contributed by atoms with Crippen molar-refractivity contribution in [3.8, 4) is 0 Å². The first-order chi connectivity index (χ1) is 8.66. The van der Waals surface area contributed by atoms with Crippen molar-refractivity contribution in [1.29, 1.82) is 0 Å². The molecule has 0 aromatic heterocycles. The van der Waals surface area contributed by atoms with E-state index in [4.69, 9.17) is 5.11 Å². The number of nitrogens with one attached hydrogen (secondary N) is 1. The fourth-order valence-electron chi connectivity index (χ4n) is 2.51. The summed E-state index contributed by atoms with van der Waals surface area (Å²) in [6, 6.07) is 8.62. The quantitative estimate of drug-likeness (QED) is 0.850. The number of hydrogen-bond donors (Lipinski definition) is 2. The van der Waals surface area contributed by atoms with E-state index in [1.165, 1.54) is 11.3 Å². The highest BCUT2D eigenvalue weighted by molar-refractivity contribution is 5.69. The van der Waals surface area contributed by atoms with Gasteiger partial charge in [0.2, 0.25) is 0 Å². The highest BCUT2D eigenvalue weighted by Crippen LogP contribution is 2.23. The third-order valence-corrected chi connectivity index (χ3v) is 3.42. The fourth-order valence-corrected chi connectivity index (χ4v) is 2.51. The van der Waals surface area contributed by atoms with Crippen molar-refractivity contribution in [1.82, 2.24) is 5.32 Å². The van der Waals surface area contributed by atoms with Crippen LogP contribution in [0.5, 0.6) is 0 Å². The van der Waals surface area contributed by atoms with Crippen LogP contribution < -0.4 is 10.2 Å². The maximum absolute atomic E-state index is 10.6. The SMILES string of the molecule is Cc1ccccc1N1CCCC(NCC(=O)O)C1. The summed E-state index contributed by atoms with van der Waals surface area (Å²) in [5.74, 6) is -0.789. The van der Waals surface area contributed by atoms with Crippen molar-refractivity contribution in [2.24, 2.45) is 0 Å². The maximum atomic E-state index is 10.6. The van der Waals surface area contributed by atoms with Crippen LogP contribution in [0.2, 0.25) is 0 Å². The lowest BCUT2D eigenvalue weighted by Gasteiger charge is -2.35. The number of carboxylic acid groups (broad SMARTS) is 1. The van der Waals surface area contributed by atoms with Gasteiger partial charge in [-0.3, -0.25) is 4.79 Å². The van der Waals surface area contributed by atoms with Gasteiger partial charge in [-0.25, -0.2) is 0 Å². The fraction of sp³-hybridized carbons (Fsp3) is 0.500. The summed E-state index contributed by atoms with van der Waals surface area (Å²) in [7, 11) is 0. The van der Waals surface area contributed by atoms with Crippen molar-refractivity contribution >= 4 is 11.7 Å². The van der Waals surface area contributed by atoms with Crippen LogP contribution in [0.15, 0.2) is 24.3 Å².